The van der Waals surface area contributed by atoms with Crippen LogP contribution in [0.3, 0.4) is 0 Å². The lowest BCUT2D eigenvalue weighted by Crippen LogP contribution is -2.05. The molecule has 0 N–H and O–H groups in total. The molecule has 15 heavy (non-hydrogen) atoms. The first-order valence-electron chi connectivity index (χ1n) is 5.91. The molecule has 0 radical (unpaired) electrons. The van der Waals surface area contributed by atoms with E-state index in [-0.39, 0.29) is 0 Å². The molecular formula is C14H20O. The number of hydrogen-bond donors (Lipinski definition) is 0. The second kappa shape index (κ2) is 5.32. The van der Waals surface area contributed by atoms with Crippen molar-refractivity contribution < 1.29 is 4.74 Å². The van der Waals surface area contributed by atoms with Gasteiger partial charge in [0.05, 0.1) is 0 Å². The Morgan fingerprint density at radius 3 is 2.60 bits per heavy atom. The van der Waals surface area contributed by atoms with E-state index in [0.29, 0.717) is 0 Å². The number of ether oxygens (including phenoxy) is 1. The second-order valence-corrected chi connectivity index (χ2v) is 4.69. The Hall–Kier alpha value is -0.820. The lowest BCUT2D eigenvalue weighted by atomic mass is 9.97. The number of rotatable bonds is 4. The number of methoxy groups -OCH3 is 1. The molecule has 0 amide bonds. The first-order chi connectivity index (χ1) is 7.38. The zero-order valence-corrected chi connectivity index (χ0v) is 9.49. The highest BCUT2D eigenvalue weighted by Gasteiger charge is 2.24. The van der Waals surface area contributed by atoms with E-state index in [9.17, 15) is 0 Å². The Morgan fingerprint density at radius 2 is 1.87 bits per heavy atom. The number of hydrogen-bond acceptors (Lipinski definition) is 1. The molecule has 1 saturated carbocycles. The van der Waals surface area contributed by atoms with E-state index in [2.05, 4.69) is 30.3 Å². The molecule has 0 aromatic heterocycles. The van der Waals surface area contributed by atoms with Gasteiger partial charge in [0.1, 0.15) is 0 Å². The maximum atomic E-state index is 5.22. The fourth-order valence-electron chi connectivity index (χ4n) is 2.70. The topological polar surface area (TPSA) is 9.23 Å². The lowest BCUT2D eigenvalue weighted by molar-refractivity contribution is 0.153. The summed E-state index contributed by atoms with van der Waals surface area (Å²) in [5.74, 6) is 1.69. The van der Waals surface area contributed by atoms with Crippen molar-refractivity contribution in [1.82, 2.24) is 0 Å². The van der Waals surface area contributed by atoms with Gasteiger partial charge in [-0.1, -0.05) is 30.3 Å². The van der Waals surface area contributed by atoms with Crippen LogP contribution in [0.2, 0.25) is 0 Å². The van der Waals surface area contributed by atoms with Crippen LogP contribution >= 0.6 is 0 Å². The molecule has 2 atom stereocenters. The van der Waals surface area contributed by atoms with E-state index >= 15 is 0 Å². The van der Waals surface area contributed by atoms with E-state index in [4.69, 9.17) is 4.74 Å². The molecule has 0 spiro atoms. The maximum absolute atomic E-state index is 5.22. The molecule has 1 fully saturated rings. The van der Waals surface area contributed by atoms with Crippen molar-refractivity contribution in [1.29, 1.82) is 0 Å². The van der Waals surface area contributed by atoms with E-state index < -0.39 is 0 Å². The van der Waals surface area contributed by atoms with Crippen LogP contribution in [0.15, 0.2) is 30.3 Å². The average molecular weight is 204 g/mol. The summed E-state index contributed by atoms with van der Waals surface area (Å²) < 4.78 is 5.22. The van der Waals surface area contributed by atoms with Crippen LogP contribution in [0.1, 0.15) is 24.8 Å². The maximum Gasteiger partial charge on any atom is 0.0490 e. The minimum Gasteiger partial charge on any atom is -0.384 e. The Balaban J connectivity index is 1.82. The molecular weight excluding hydrogens is 184 g/mol. The molecule has 1 nitrogen and oxygen atoms in total. The zero-order chi connectivity index (χ0) is 10.5. The van der Waals surface area contributed by atoms with Crippen molar-refractivity contribution in [2.45, 2.75) is 25.7 Å². The van der Waals surface area contributed by atoms with Crippen LogP contribution in [0, 0.1) is 11.8 Å². The minimum atomic E-state index is 0.809. The van der Waals surface area contributed by atoms with Crippen molar-refractivity contribution in [3.63, 3.8) is 0 Å². The van der Waals surface area contributed by atoms with E-state index in [0.717, 1.165) is 18.4 Å². The van der Waals surface area contributed by atoms with Crippen molar-refractivity contribution in [2.75, 3.05) is 13.7 Å². The molecule has 1 aliphatic carbocycles. The summed E-state index contributed by atoms with van der Waals surface area (Å²) in [5.41, 5.74) is 1.49. The van der Waals surface area contributed by atoms with Gasteiger partial charge < -0.3 is 4.74 Å². The molecule has 0 aliphatic heterocycles. The fraction of sp³-hybridized carbons (Fsp3) is 0.571. The summed E-state index contributed by atoms with van der Waals surface area (Å²) in [4.78, 5) is 0. The average Bonchev–Trinajstić information content (AvgIpc) is 2.68. The zero-order valence-electron chi connectivity index (χ0n) is 9.49. The van der Waals surface area contributed by atoms with Crippen molar-refractivity contribution in [2.24, 2.45) is 11.8 Å². The van der Waals surface area contributed by atoms with Crippen LogP contribution in [0.4, 0.5) is 0 Å². The molecule has 2 unspecified atom stereocenters. The third-order valence-corrected chi connectivity index (χ3v) is 3.42. The van der Waals surface area contributed by atoms with Gasteiger partial charge in [0.25, 0.3) is 0 Å². The van der Waals surface area contributed by atoms with E-state index in [1.165, 1.54) is 31.2 Å². The molecule has 0 saturated heterocycles. The smallest absolute Gasteiger partial charge is 0.0490 e. The van der Waals surface area contributed by atoms with Crippen LogP contribution in [-0.2, 0) is 11.2 Å². The van der Waals surface area contributed by atoms with Crippen molar-refractivity contribution in [3.05, 3.63) is 35.9 Å². The minimum absolute atomic E-state index is 0.809. The van der Waals surface area contributed by atoms with Crippen LogP contribution in [0.25, 0.3) is 0 Å². The third kappa shape index (κ3) is 3.07. The highest BCUT2D eigenvalue weighted by atomic mass is 16.5. The van der Waals surface area contributed by atoms with Crippen LogP contribution < -0.4 is 0 Å². The Bertz CT molecular complexity index is 281. The van der Waals surface area contributed by atoms with Gasteiger partial charge in [0.2, 0.25) is 0 Å². The lowest BCUT2D eigenvalue weighted by Gasteiger charge is -2.10. The van der Waals surface area contributed by atoms with E-state index in [1.54, 1.807) is 0 Å². The van der Waals surface area contributed by atoms with Gasteiger partial charge in [0, 0.05) is 13.7 Å². The van der Waals surface area contributed by atoms with Crippen molar-refractivity contribution in [3.8, 4) is 0 Å². The quantitative estimate of drug-likeness (QED) is 0.731. The summed E-state index contributed by atoms with van der Waals surface area (Å²) in [6, 6.07) is 10.8. The first kappa shape index (κ1) is 10.7. The van der Waals surface area contributed by atoms with Gasteiger partial charge in [0.15, 0.2) is 0 Å². The predicted molar refractivity (Wildman–Crippen MR) is 62.9 cm³/mol. The first-order valence-corrected chi connectivity index (χ1v) is 5.91. The van der Waals surface area contributed by atoms with Crippen molar-refractivity contribution >= 4 is 0 Å². The molecule has 1 aromatic rings. The summed E-state index contributed by atoms with van der Waals surface area (Å²) in [6.45, 7) is 0.950. The normalized spacial score (nSPS) is 25.7. The number of benzene rings is 1. The van der Waals surface area contributed by atoms with E-state index in [1.807, 2.05) is 7.11 Å². The molecule has 0 bridgehead atoms. The highest BCUT2D eigenvalue weighted by molar-refractivity contribution is 5.15. The molecule has 1 aromatic carbocycles. The highest BCUT2D eigenvalue weighted by Crippen LogP contribution is 2.33. The molecule has 2 rings (SSSR count). The second-order valence-electron chi connectivity index (χ2n) is 4.69. The van der Waals surface area contributed by atoms with Gasteiger partial charge in [-0.05, 0) is 43.1 Å². The SMILES string of the molecule is COCC1CCC(Cc2ccccc2)C1. The summed E-state index contributed by atoms with van der Waals surface area (Å²) >= 11 is 0. The molecule has 1 heteroatoms. The molecule has 82 valence electrons. The summed E-state index contributed by atoms with van der Waals surface area (Å²) in [7, 11) is 1.81. The van der Waals surface area contributed by atoms with Gasteiger partial charge in [-0.2, -0.15) is 0 Å². The standard InChI is InChI=1S/C14H20O/c1-15-11-14-8-7-13(10-14)9-12-5-3-2-4-6-12/h2-6,13-14H,7-11H2,1H3. The fourth-order valence-corrected chi connectivity index (χ4v) is 2.70. The molecule has 0 heterocycles. The monoisotopic (exact) mass is 204 g/mol. The largest absolute Gasteiger partial charge is 0.384 e. The summed E-state index contributed by atoms with van der Waals surface area (Å²) in [5, 5.41) is 0. The van der Waals surface area contributed by atoms with Gasteiger partial charge in [-0.25, -0.2) is 0 Å². The predicted octanol–water partition coefficient (Wildman–Crippen LogP) is 3.29. The summed E-state index contributed by atoms with van der Waals surface area (Å²) in [6.07, 6.45) is 5.33. The van der Waals surface area contributed by atoms with Gasteiger partial charge in [-0.15, -0.1) is 0 Å². The van der Waals surface area contributed by atoms with Crippen LogP contribution in [-0.4, -0.2) is 13.7 Å². The van der Waals surface area contributed by atoms with Gasteiger partial charge >= 0.3 is 0 Å². The Labute approximate surface area is 92.5 Å². The third-order valence-electron chi connectivity index (χ3n) is 3.42. The molecule has 1 aliphatic rings. The van der Waals surface area contributed by atoms with Crippen LogP contribution in [0.5, 0.6) is 0 Å². The Morgan fingerprint density at radius 1 is 1.13 bits per heavy atom. The Kier molecular flexibility index (Phi) is 3.79. The van der Waals surface area contributed by atoms with Gasteiger partial charge in [-0.3, -0.25) is 0 Å².